The molecule has 2 aromatic heterocycles. The maximum Gasteiger partial charge on any atom is 0.257 e. The van der Waals surface area contributed by atoms with Gasteiger partial charge in [0.1, 0.15) is 0 Å². The molecule has 1 N–H and O–H groups in total. The van der Waals surface area contributed by atoms with E-state index < -0.39 is 0 Å². The number of nitrogens with one attached hydrogen (secondary N) is 1. The number of rotatable bonds is 7. The minimum atomic E-state index is 0.533. The zero-order valence-electron chi connectivity index (χ0n) is 12.2. The van der Waals surface area contributed by atoms with Crippen LogP contribution in [0.15, 0.2) is 18.5 Å². The largest absolute Gasteiger partial charge is 0.354 e. The Morgan fingerprint density at radius 1 is 1.20 bits per heavy atom. The molecule has 0 aromatic carbocycles. The molecular formula is C13H21N7. The lowest BCUT2D eigenvalue weighted by Gasteiger charge is -2.20. The summed E-state index contributed by atoms with van der Waals surface area (Å²) < 4.78 is 1.64. The average Bonchev–Trinajstić information content (AvgIpc) is 2.99. The zero-order valence-corrected chi connectivity index (χ0v) is 12.2. The van der Waals surface area contributed by atoms with E-state index >= 15 is 0 Å². The van der Waals surface area contributed by atoms with E-state index in [4.69, 9.17) is 0 Å². The van der Waals surface area contributed by atoms with Gasteiger partial charge in [0.2, 0.25) is 11.9 Å². The Morgan fingerprint density at radius 2 is 2.05 bits per heavy atom. The van der Waals surface area contributed by atoms with Gasteiger partial charge in [0, 0.05) is 32.0 Å². The molecule has 108 valence electrons. The van der Waals surface area contributed by atoms with Crippen LogP contribution < -0.4 is 10.2 Å². The number of hydrogen-bond donors (Lipinski definition) is 1. The molecule has 0 amide bonds. The highest BCUT2D eigenvalue weighted by molar-refractivity contribution is 5.39. The van der Waals surface area contributed by atoms with Crippen LogP contribution in [0.5, 0.6) is 0 Å². The van der Waals surface area contributed by atoms with Gasteiger partial charge >= 0.3 is 0 Å². The SMILES string of the molecule is CCCN(CC)c1nc(NCC)nc(-n2cccn2)n1. The molecule has 7 nitrogen and oxygen atoms in total. The van der Waals surface area contributed by atoms with Gasteiger partial charge in [-0.05, 0) is 26.3 Å². The molecule has 0 radical (unpaired) electrons. The normalized spacial score (nSPS) is 10.6. The van der Waals surface area contributed by atoms with E-state index in [1.54, 1.807) is 10.9 Å². The van der Waals surface area contributed by atoms with Crippen LogP contribution in [0.2, 0.25) is 0 Å². The second-order valence-corrected chi connectivity index (χ2v) is 4.32. The van der Waals surface area contributed by atoms with E-state index in [0.717, 1.165) is 26.1 Å². The summed E-state index contributed by atoms with van der Waals surface area (Å²) in [6, 6.07) is 1.85. The van der Waals surface area contributed by atoms with Crippen LogP contribution in [0.3, 0.4) is 0 Å². The molecule has 0 atom stereocenters. The monoisotopic (exact) mass is 275 g/mol. The first-order chi connectivity index (χ1) is 9.78. The smallest absolute Gasteiger partial charge is 0.257 e. The van der Waals surface area contributed by atoms with Gasteiger partial charge in [0.15, 0.2) is 0 Å². The van der Waals surface area contributed by atoms with Crippen molar-refractivity contribution in [2.45, 2.75) is 27.2 Å². The highest BCUT2D eigenvalue weighted by atomic mass is 15.4. The average molecular weight is 275 g/mol. The molecule has 2 rings (SSSR count). The third-order valence-corrected chi connectivity index (χ3v) is 2.81. The van der Waals surface area contributed by atoms with E-state index in [0.29, 0.717) is 17.8 Å². The predicted molar refractivity (Wildman–Crippen MR) is 79.3 cm³/mol. The van der Waals surface area contributed by atoms with Crippen molar-refractivity contribution in [1.82, 2.24) is 24.7 Å². The molecule has 2 aromatic rings. The van der Waals surface area contributed by atoms with Crippen molar-refractivity contribution >= 4 is 11.9 Å². The lowest BCUT2D eigenvalue weighted by Crippen LogP contribution is -2.27. The van der Waals surface area contributed by atoms with Crippen molar-refractivity contribution in [2.75, 3.05) is 29.9 Å². The van der Waals surface area contributed by atoms with Crippen molar-refractivity contribution in [3.05, 3.63) is 18.5 Å². The fraction of sp³-hybridized carbons (Fsp3) is 0.538. The van der Waals surface area contributed by atoms with Crippen molar-refractivity contribution in [1.29, 1.82) is 0 Å². The van der Waals surface area contributed by atoms with Crippen molar-refractivity contribution in [3.63, 3.8) is 0 Å². The number of nitrogens with zero attached hydrogens (tertiary/aromatic N) is 6. The van der Waals surface area contributed by atoms with E-state index in [-0.39, 0.29) is 0 Å². The third kappa shape index (κ3) is 3.23. The van der Waals surface area contributed by atoms with Gasteiger partial charge in [-0.15, -0.1) is 0 Å². The maximum atomic E-state index is 4.51. The Bertz CT molecular complexity index is 524. The molecule has 7 heteroatoms. The molecule has 0 fully saturated rings. The number of aromatic nitrogens is 5. The quantitative estimate of drug-likeness (QED) is 0.829. The second kappa shape index (κ2) is 6.83. The summed E-state index contributed by atoms with van der Waals surface area (Å²) in [4.78, 5) is 15.5. The number of anilines is 2. The maximum absolute atomic E-state index is 4.51. The molecule has 2 heterocycles. The highest BCUT2D eigenvalue weighted by Gasteiger charge is 2.12. The van der Waals surface area contributed by atoms with Gasteiger partial charge in [-0.2, -0.15) is 20.1 Å². The summed E-state index contributed by atoms with van der Waals surface area (Å²) in [7, 11) is 0. The van der Waals surface area contributed by atoms with Crippen molar-refractivity contribution in [2.24, 2.45) is 0 Å². The van der Waals surface area contributed by atoms with Crippen molar-refractivity contribution < 1.29 is 0 Å². The molecular weight excluding hydrogens is 254 g/mol. The van der Waals surface area contributed by atoms with E-state index in [1.165, 1.54) is 0 Å². The van der Waals surface area contributed by atoms with Crippen LogP contribution in [0.4, 0.5) is 11.9 Å². The summed E-state index contributed by atoms with van der Waals surface area (Å²) in [5.41, 5.74) is 0. The Labute approximate surface area is 119 Å². The van der Waals surface area contributed by atoms with E-state index in [1.807, 2.05) is 19.2 Å². The van der Waals surface area contributed by atoms with Crippen LogP contribution in [0, 0.1) is 0 Å². The van der Waals surface area contributed by atoms with Crippen LogP contribution in [-0.4, -0.2) is 44.4 Å². The molecule has 0 aliphatic carbocycles. The first-order valence-electron chi connectivity index (χ1n) is 7.03. The van der Waals surface area contributed by atoms with Crippen molar-refractivity contribution in [3.8, 4) is 5.95 Å². The van der Waals surface area contributed by atoms with Gasteiger partial charge in [-0.25, -0.2) is 4.68 Å². The standard InChI is InChI=1S/C13H21N7/c1-4-9-19(6-3)12-16-11(14-5-2)17-13(18-12)20-10-7-8-15-20/h7-8,10H,4-6,9H2,1-3H3,(H,14,16,17,18). The molecule has 0 spiro atoms. The predicted octanol–water partition coefficient (Wildman–Crippen LogP) is 1.73. The van der Waals surface area contributed by atoms with E-state index in [9.17, 15) is 0 Å². The minimum Gasteiger partial charge on any atom is -0.354 e. The zero-order chi connectivity index (χ0) is 14.4. The lowest BCUT2D eigenvalue weighted by atomic mass is 10.4. The van der Waals surface area contributed by atoms with Gasteiger partial charge in [0.05, 0.1) is 0 Å². The molecule has 0 aliphatic rings. The molecule has 0 saturated carbocycles. The second-order valence-electron chi connectivity index (χ2n) is 4.32. The summed E-state index contributed by atoms with van der Waals surface area (Å²) in [5.74, 6) is 1.80. The van der Waals surface area contributed by atoms with Gasteiger partial charge in [-0.1, -0.05) is 6.92 Å². The minimum absolute atomic E-state index is 0.533. The van der Waals surface area contributed by atoms with Gasteiger partial charge < -0.3 is 10.2 Å². The Balaban J connectivity index is 2.40. The first-order valence-corrected chi connectivity index (χ1v) is 7.03. The lowest BCUT2D eigenvalue weighted by molar-refractivity contribution is 0.735. The highest BCUT2D eigenvalue weighted by Crippen LogP contribution is 2.13. The van der Waals surface area contributed by atoms with Crippen LogP contribution in [0.1, 0.15) is 27.2 Å². The summed E-state index contributed by atoms with van der Waals surface area (Å²) >= 11 is 0. The number of hydrogen-bond acceptors (Lipinski definition) is 6. The van der Waals surface area contributed by atoms with Crippen LogP contribution in [-0.2, 0) is 0 Å². The molecule has 0 saturated heterocycles. The summed E-state index contributed by atoms with van der Waals surface area (Å²) in [6.45, 7) is 8.80. The third-order valence-electron chi connectivity index (χ3n) is 2.81. The van der Waals surface area contributed by atoms with Gasteiger partial charge in [-0.3, -0.25) is 0 Å². The fourth-order valence-corrected chi connectivity index (χ4v) is 1.89. The fourth-order valence-electron chi connectivity index (χ4n) is 1.89. The Morgan fingerprint density at radius 3 is 2.65 bits per heavy atom. The molecule has 20 heavy (non-hydrogen) atoms. The molecule has 0 bridgehead atoms. The molecule has 0 aliphatic heterocycles. The summed E-state index contributed by atoms with van der Waals surface area (Å²) in [5, 5.41) is 7.32. The Hall–Kier alpha value is -2.18. The van der Waals surface area contributed by atoms with Gasteiger partial charge in [0.25, 0.3) is 5.95 Å². The van der Waals surface area contributed by atoms with Crippen LogP contribution in [0.25, 0.3) is 5.95 Å². The summed E-state index contributed by atoms with van der Waals surface area (Å²) in [6.07, 6.45) is 4.58. The Kier molecular flexibility index (Phi) is 4.86. The molecule has 0 unspecified atom stereocenters. The first kappa shape index (κ1) is 14.2. The van der Waals surface area contributed by atoms with Crippen LogP contribution >= 0.6 is 0 Å². The van der Waals surface area contributed by atoms with E-state index in [2.05, 4.69) is 44.1 Å². The topological polar surface area (TPSA) is 71.8 Å².